The summed E-state index contributed by atoms with van der Waals surface area (Å²) in [6.45, 7) is 5.39. The van der Waals surface area contributed by atoms with E-state index in [2.05, 4.69) is 11.0 Å². The van der Waals surface area contributed by atoms with Gasteiger partial charge in [0.05, 0.1) is 51.3 Å². The molecule has 242 valence electrons. The van der Waals surface area contributed by atoms with E-state index in [1.165, 1.54) is 11.0 Å². The molecule has 2 aliphatic heterocycles. The van der Waals surface area contributed by atoms with Crippen LogP contribution in [0.1, 0.15) is 41.9 Å². The topological polar surface area (TPSA) is 89.9 Å². The van der Waals surface area contributed by atoms with Crippen LogP contribution in [0.25, 0.3) is 0 Å². The van der Waals surface area contributed by atoms with Crippen molar-refractivity contribution in [3.05, 3.63) is 89.2 Å². The first-order valence-electron chi connectivity index (χ1n) is 15.6. The van der Waals surface area contributed by atoms with E-state index >= 15 is 0 Å². The lowest BCUT2D eigenvalue weighted by molar-refractivity contribution is -0.0199. The molecule has 3 aromatic carbocycles. The number of fused-ring (bicyclic) bond motifs is 1. The van der Waals surface area contributed by atoms with Crippen LogP contribution in [0.4, 0.5) is 14.9 Å². The number of nitrogens with zero attached hydrogens (tertiary/aromatic N) is 2. The standard InChI is InChI=1S/C35H43FN2O7/c1-41-18-4-15-37-17-21-44-33-13-8-26(22-32(33)37)24-45-34-23-38(35(39)40)16-14-30(34)27-9-11-29(12-10-27)43-20-5-19-42-25-28-6-2-3-7-31(28)36/h2-3,6-13,22,30,34H,4-5,14-21,23-25H2,1H3,(H,39,40). The molecular formula is C35H43FN2O7. The van der Waals surface area contributed by atoms with Crippen molar-refractivity contribution < 1.29 is 38.0 Å². The van der Waals surface area contributed by atoms with E-state index in [0.717, 1.165) is 47.8 Å². The maximum Gasteiger partial charge on any atom is 0.407 e. The Kier molecular flexibility index (Phi) is 11.9. The predicted molar refractivity (Wildman–Crippen MR) is 169 cm³/mol. The molecule has 2 unspecified atom stereocenters. The predicted octanol–water partition coefficient (Wildman–Crippen LogP) is 6.10. The molecular weight excluding hydrogens is 579 g/mol. The van der Waals surface area contributed by atoms with Gasteiger partial charge in [-0.25, -0.2) is 9.18 Å². The molecule has 1 amide bonds. The zero-order valence-corrected chi connectivity index (χ0v) is 25.9. The van der Waals surface area contributed by atoms with E-state index in [9.17, 15) is 14.3 Å². The van der Waals surface area contributed by atoms with E-state index in [1.54, 1.807) is 25.3 Å². The number of carboxylic acid groups (broad SMARTS) is 1. The van der Waals surface area contributed by atoms with Gasteiger partial charge in [-0.1, -0.05) is 36.4 Å². The fourth-order valence-corrected chi connectivity index (χ4v) is 5.84. The lowest BCUT2D eigenvalue weighted by Crippen LogP contribution is -2.46. The van der Waals surface area contributed by atoms with Gasteiger partial charge >= 0.3 is 6.09 Å². The van der Waals surface area contributed by atoms with E-state index in [-0.39, 0.29) is 24.4 Å². The number of rotatable bonds is 15. The largest absolute Gasteiger partial charge is 0.494 e. The molecule has 0 spiro atoms. The van der Waals surface area contributed by atoms with Crippen LogP contribution in [0.5, 0.6) is 11.5 Å². The SMILES string of the molecule is COCCCN1CCOc2ccc(COC3CN(C(=O)O)CCC3c3ccc(OCCCOCc4ccccc4F)cc3)cc21. The minimum Gasteiger partial charge on any atom is -0.494 e. The highest BCUT2D eigenvalue weighted by atomic mass is 19.1. The minimum atomic E-state index is -0.929. The van der Waals surface area contributed by atoms with Crippen LogP contribution in [-0.2, 0) is 27.4 Å². The number of hydrogen-bond acceptors (Lipinski definition) is 7. The molecule has 0 aromatic heterocycles. The lowest BCUT2D eigenvalue weighted by atomic mass is 9.87. The maximum atomic E-state index is 13.7. The highest BCUT2D eigenvalue weighted by Crippen LogP contribution is 2.35. The summed E-state index contributed by atoms with van der Waals surface area (Å²) in [5.41, 5.74) is 3.71. The number of methoxy groups -OCH3 is 1. The summed E-state index contributed by atoms with van der Waals surface area (Å²) >= 11 is 0. The molecule has 3 aromatic rings. The van der Waals surface area contributed by atoms with Crippen molar-refractivity contribution in [1.82, 2.24) is 4.90 Å². The van der Waals surface area contributed by atoms with Gasteiger partial charge in [-0.3, -0.25) is 0 Å². The molecule has 2 heterocycles. The molecule has 2 aliphatic rings. The zero-order chi connectivity index (χ0) is 31.4. The van der Waals surface area contributed by atoms with Crippen molar-refractivity contribution in [2.24, 2.45) is 0 Å². The summed E-state index contributed by atoms with van der Waals surface area (Å²) in [7, 11) is 1.71. The molecule has 1 N–H and O–H groups in total. The Hall–Kier alpha value is -3.86. The second-order valence-corrected chi connectivity index (χ2v) is 11.4. The van der Waals surface area contributed by atoms with Gasteiger partial charge in [0.15, 0.2) is 0 Å². The van der Waals surface area contributed by atoms with Crippen molar-refractivity contribution in [3.8, 4) is 11.5 Å². The van der Waals surface area contributed by atoms with Crippen molar-refractivity contribution in [2.75, 3.05) is 64.6 Å². The monoisotopic (exact) mass is 622 g/mol. The third-order valence-corrected chi connectivity index (χ3v) is 8.28. The Morgan fingerprint density at radius 3 is 2.64 bits per heavy atom. The van der Waals surface area contributed by atoms with Crippen LogP contribution in [0.3, 0.4) is 0 Å². The van der Waals surface area contributed by atoms with Gasteiger partial charge in [0.2, 0.25) is 0 Å². The van der Waals surface area contributed by atoms with Crippen LogP contribution >= 0.6 is 0 Å². The lowest BCUT2D eigenvalue weighted by Gasteiger charge is -2.37. The molecule has 0 aliphatic carbocycles. The van der Waals surface area contributed by atoms with E-state index in [0.29, 0.717) is 64.5 Å². The van der Waals surface area contributed by atoms with E-state index < -0.39 is 6.09 Å². The molecule has 0 bridgehead atoms. The maximum absolute atomic E-state index is 13.7. The van der Waals surface area contributed by atoms with E-state index in [1.807, 2.05) is 36.4 Å². The van der Waals surface area contributed by atoms with Gasteiger partial charge in [0, 0.05) is 44.7 Å². The second-order valence-electron chi connectivity index (χ2n) is 11.4. The molecule has 2 atom stereocenters. The summed E-state index contributed by atoms with van der Waals surface area (Å²) in [6.07, 6.45) is 1.06. The molecule has 9 nitrogen and oxygen atoms in total. The van der Waals surface area contributed by atoms with Gasteiger partial charge in [-0.15, -0.1) is 0 Å². The van der Waals surface area contributed by atoms with Crippen LogP contribution in [0.15, 0.2) is 66.7 Å². The van der Waals surface area contributed by atoms with Gasteiger partial charge in [-0.2, -0.15) is 0 Å². The van der Waals surface area contributed by atoms with Crippen LogP contribution in [0, 0.1) is 5.82 Å². The smallest absolute Gasteiger partial charge is 0.407 e. The number of hydrogen-bond donors (Lipinski definition) is 1. The van der Waals surface area contributed by atoms with E-state index in [4.69, 9.17) is 23.7 Å². The molecule has 5 rings (SSSR count). The molecule has 0 radical (unpaired) electrons. The van der Waals surface area contributed by atoms with Crippen LogP contribution < -0.4 is 14.4 Å². The third-order valence-electron chi connectivity index (χ3n) is 8.28. The Morgan fingerprint density at radius 2 is 1.84 bits per heavy atom. The Labute approximate surface area is 264 Å². The van der Waals surface area contributed by atoms with Crippen molar-refractivity contribution in [2.45, 2.75) is 44.5 Å². The molecule has 45 heavy (non-hydrogen) atoms. The third kappa shape index (κ3) is 9.09. The first-order valence-corrected chi connectivity index (χ1v) is 15.6. The zero-order valence-electron chi connectivity index (χ0n) is 25.9. The number of benzene rings is 3. The van der Waals surface area contributed by atoms with Gasteiger partial charge in [-0.05, 0) is 54.3 Å². The highest BCUT2D eigenvalue weighted by Gasteiger charge is 2.33. The number of piperidine rings is 1. The normalized spacial score (nSPS) is 17.9. The number of halogens is 1. The highest BCUT2D eigenvalue weighted by molar-refractivity contribution is 5.65. The van der Waals surface area contributed by atoms with Crippen LogP contribution in [-0.4, -0.2) is 81.9 Å². The summed E-state index contributed by atoms with van der Waals surface area (Å²) in [5.74, 6) is 1.41. The van der Waals surface area contributed by atoms with Crippen LogP contribution in [0.2, 0.25) is 0 Å². The van der Waals surface area contributed by atoms with Crippen molar-refractivity contribution in [3.63, 3.8) is 0 Å². The Bertz CT molecular complexity index is 1370. The quantitative estimate of drug-likeness (QED) is 0.204. The minimum absolute atomic E-state index is 0.0490. The number of ether oxygens (including phenoxy) is 5. The Balaban J connectivity index is 1.15. The molecule has 1 fully saturated rings. The molecule has 1 saturated heterocycles. The fraction of sp³-hybridized carbons (Fsp3) is 0.457. The average molecular weight is 623 g/mol. The number of anilines is 1. The Morgan fingerprint density at radius 1 is 1.00 bits per heavy atom. The average Bonchev–Trinajstić information content (AvgIpc) is 3.06. The van der Waals surface area contributed by atoms with Gasteiger partial charge in [0.25, 0.3) is 0 Å². The molecule has 10 heteroatoms. The number of amides is 1. The summed E-state index contributed by atoms with van der Waals surface area (Å²) < 4.78 is 42.8. The number of likely N-dealkylation sites (tertiary alicyclic amines) is 1. The molecule has 0 saturated carbocycles. The van der Waals surface area contributed by atoms with Gasteiger partial charge in [0.1, 0.15) is 23.9 Å². The summed E-state index contributed by atoms with van der Waals surface area (Å²) in [5, 5.41) is 9.69. The first kappa shape index (κ1) is 32.5. The van der Waals surface area contributed by atoms with Crippen molar-refractivity contribution in [1.29, 1.82) is 0 Å². The first-order chi connectivity index (χ1) is 22.0. The van der Waals surface area contributed by atoms with Crippen molar-refractivity contribution >= 4 is 11.8 Å². The van der Waals surface area contributed by atoms with Gasteiger partial charge < -0.3 is 38.6 Å². The number of carbonyl (C=O) groups is 1. The summed E-state index contributed by atoms with van der Waals surface area (Å²) in [4.78, 5) is 15.6. The second kappa shape index (κ2) is 16.5. The fourth-order valence-electron chi connectivity index (χ4n) is 5.84. The summed E-state index contributed by atoms with van der Waals surface area (Å²) in [6, 6.07) is 20.7.